The van der Waals surface area contributed by atoms with Gasteiger partial charge in [-0.1, -0.05) is 18.2 Å². The van der Waals surface area contributed by atoms with Crippen molar-refractivity contribution >= 4 is 11.5 Å². The number of carbonyl (C=O) groups excluding carboxylic acids is 1. The molecule has 1 heterocycles. The normalized spacial score (nSPS) is 16.7. The summed E-state index contributed by atoms with van der Waals surface area (Å²) in [4.78, 5) is 14.1. The third kappa shape index (κ3) is 3.55. The molecule has 3 rings (SSSR count). The van der Waals surface area contributed by atoms with E-state index < -0.39 is 0 Å². The van der Waals surface area contributed by atoms with Crippen molar-refractivity contribution in [2.24, 2.45) is 0 Å². The van der Waals surface area contributed by atoms with Gasteiger partial charge in [0.15, 0.2) is 5.78 Å². The van der Waals surface area contributed by atoms with Crippen LogP contribution in [-0.4, -0.2) is 37.2 Å². The number of phenolic OH excluding ortho intramolecular Hbond substituents is 1. The zero-order chi connectivity index (χ0) is 17.8. The van der Waals surface area contributed by atoms with Gasteiger partial charge in [-0.2, -0.15) is 0 Å². The van der Waals surface area contributed by atoms with E-state index >= 15 is 0 Å². The fraction of sp³-hybridized carbons (Fsp3) is 0.350. The van der Waals surface area contributed by atoms with Gasteiger partial charge in [-0.3, -0.25) is 4.79 Å². The molecule has 0 spiro atoms. The number of hydrogen-bond acceptors (Lipinski definition) is 5. The molecule has 2 aromatic rings. The largest absolute Gasteiger partial charge is 0.507 e. The number of Topliss-reactive ketones (excluding diaryl/α,β-unsaturated/α-hetero) is 1. The van der Waals surface area contributed by atoms with Crippen LogP contribution < -0.4 is 14.4 Å². The van der Waals surface area contributed by atoms with E-state index in [2.05, 4.69) is 4.90 Å². The fourth-order valence-corrected chi connectivity index (χ4v) is 3.37. The maximum atomic E-state index is 11.8. The van der Waals surface area contributed by atoms with Gasteiger partial charge in [0.05, 0.1) is 18.8 Å². The molecular weight excluding hydrogens is 318 g/mol. The average Bonchev–Trinajstić information content (AvgIpc) is 3.07. The Balaban J connectivity index is 1.77. The van der Waals surface area contributed by atoms with Crippen molar-refractivity contribution in [3.05, 3.63) is 48.0 Å². The van der Waals surface area contributed by atoms with Gasteiger partial charge in [0.1, 0.15) is 29.4 Å². The van der Waals surface area contributed by atoms with Gasteiger partial charge in [0, 0.05) is 6.54 Å². The third-order valence-corrected chi connectivity index (χ3v) is 4.56. The summed E-state index contributed by atoms with van der Waals surface area (Å²) >= 11 is 0. The second-order valence-corrected chi connectivity index (χ2v) is 6.18. The molecule has 0 unspecified atom stereocenters. The molecule has 1 aliphatic rings. The first-order chi connectivity index (χ1) is 12.1. The lowest BCUT2D eigenvalue weighted by atomic mass is 10.1. The first kappa shape index (κ1) is 17.1. The summed E-state index contributed by atoms with van der Waals surface area (Å²) in [6.07, 6.45) is 2.08. The molecule has 1 saturated heterocycles. The van der Waals surface area contributed by atoms with Crippen molar-refractivity contribution in [3.63, 3.8) is 0 Å². The molecule has 1 fully saturated rings. The summed E-state index contributed by atoms with van der Waals surface area (Å²) in [5.41, 5.74) is 1.29. The van der Waals surface area contributed by atoms with Crippen LogP contribution in [-0.2, 0) is 0 Å². The van der Waals surface area contributed by atoms with E-state index in [9.17, 15) is 9.90 Å². The summed E-state index contributed by atoms with van der Waals surface area (Å²) in [5, 5.41) is 9.92. The van der Waals surface area contributed by atoms with Gasteiger partial charge in [0.2, 0.25) is 0 Å². The van der Waals surface area contributed by atoms with Gasteiger partial charge < -0.3 is 19.5 Å². The number of anilines is 1. The van der Waals surface area contributed by atoms with Crippen LogP contribution in [0.2, 0.25) is 0 Å². The van der Waals surface area contributed by atoms with Crippen molar-refractivity contribution in [1.29, 1.82) is 0 Å². The quantitative estimate of drug-likeness (QED) is 0.813. The Morgan fingerprint density at radius 1 is 1.20 bits per heavy atom. The van der Waals surface area contributed by atoms with Gasteiger partial charge in [0.25, 0.3) is 0 Å². The minimum absolute atomic E-state index is 0.0435. The number of para-hydroxylation sites is 2. The van der Waals surface area contributed by atoms with Crippen molar-refractivity contribution in [2.75, 3.05) is 25.2 Å². The Labute approximate surface area is 147 Å². The van der Waals surface area contributed by atoms with Crippen molar-refractivity contribution in [2.45, 2.75) is 25.8 Å². The number of ether oxygens (including phenoxy) is 2. The second kappa shape index (κ2) is 7.47. The number of nitrogens with zero attached hydrogens (tertiary/aromatic N) is 1. The summed E-state index contributed by atoms with van der Waals surface area (Å²) in [5.74, 6) is 1.02. The molecule has 25 heavy (non-hydrogen) atoms. The zero-order valence-electron chi connectivity index (χ0n) is 14.6. The molecule has 5 nitrogen and oxygen atoms in total. The monoisotopic (exact) mass is 341 g/mol. The van der Waals surface area contributed by atoms with Crippen molar-refractivity contribution in [1.82, 2.24) is 0 Å². The summed E-state index contributed by atoms with van der Waals surface area (Å²) in [6.45, 7) is 2.81. The summed E-state index contributed by atoms with van der Waals surface area (Å²) in [6, 6.07) is 13.1. The van der Waals surface area contributed by atoms with E-state index in [1.165, 1.54) is 13.0 Å². The van der Waals surface area contributed by atoms with E-state index in [0.717, 1.165) is 30.8 Å². The highest BCUT2D eigenvalue weighted by Crippen LogP contribution is 2.34. The Kier molecular flexibility index (Phi) is 5.12. The molecule has 1 aliphatic heterocycles. The molecule has 2 aromatic carbocycles. The maximum Gasteiger partial charge on any atom is 0.167 e. The highest BCUT2D eigenvalue weighted by atomic mass is 16.5. The average molecular weight is 341 g/mol. The van der Waals surface area contributed by atoms with Crippen LogP contribution in [0.25, 0.3) is 0 Å². The van der Waals surface area contributed by atoms with Crippen LogP contribution >= 0.6 is 0 Å². The number of rotatable bonds is 6. The Morgan fingerprint density at radius 3 is 2.72 bits per heavy atom. The van der Waals surface area contributed by atoms with E-state index in [1.54, 1.807) is 19.2 Å². The lowest BCUT2D eigenvalue weighted by Gasteiger charge is -2.28. The number of benzene rings is 2. The lowest BCUT2D eigenvalue weighted by Crippen LogP contribution is -2.34. The molecule has 132 valence electrons. The first-order valence-electron chi connectivity index (χ1n) is 8.47. The van der Waals surface area contributed by atoms with Gasteiger partial charge in [-0.15, -0.1) is 0 Å². The van der Waals surface area contributed by atoms with Gasteiger partial charge >= 0.3 is 0 Å². The van der Waals surface area contributed by atoms with Crippen molar-refractivity contribution < 1.29 is 19.4 Å². The van der Waals surface area contributed by atoms with Crippen LogP contribution in [0.5, 0.6) is 17.2 Å². The topological polar surface area (TPSA) is 59.0 Å². The minimum Gasteiger partial charge on any atom is -0.507 e. The van der Waals surface area contributed by atoms with E-state index in [-0.39, 0.29) is 23.1 Å². The summed E-state index contributed by atoms with van der Waals surface area (Å²) in [7, 11) is 1.67. The van der Waals surface area contributed by atoms with Crippen LogP contribution in [0.3, 0.4) is 0 Å². The number of hydrogen-bond donors (Lipinski definition) is 1. The molecule has 0 bridgehead atoms. The Bertz CT molecular complexity index is 759. The second-order valence-electron chi connectivity index (χ2n) is 6.18. The predicted octanol–water partition coefficient (Wildman–Crippen LogP) is 3.65. The highest BCUT2D eigenvalue weighted by molar-refractivity contribution is 5.99. The molecule has 1 N–H and O–H groups in total. The SMILES string of the molecule is COc1ccccc1N1CCC[C@H]1COc1cccc(O)c1C(C)=O. The smallest absolute Gasteiger partial charge is 0.167 e. The minimum atomic E-state index is -0.207. The van der Waals surface area contributed by atoms with Crippen LogP contribution in [0.1, 0.15) is 30.1 Å². The van der Waals surface area contributed by atoms with Crippen LogP contribution in [0.15, 0.2) is 42.5 Å². The lowest BCUT2D eigenvalue weighted by molar-refractivity contribution is 0.101. The van der Waals surface area contributed by atoms with Gasteiger partial charge in [-0.25, -0.2) is 0 Å². The maximum absolute atomic E-state index is 11.8. The van der Waals surface area contributed by atoms with E-state index in [1.807, 2.05) is 24.3 Å². The fourth-order valence-electron chi connectivity index (χ4n) is 3.37. The number of ketones is 1. The Morgan fingerprint density at radius 2 is 1.96 bits per heavy atom. The molecule has 0 saturated carbocycles. The number of aromatic hydroxyl groups is 1. The first-order valence-corrected chi connectivity index (χ1v) is 8.47. The molecule has 0 aliphatic carbocycles. The standard InChI is InChI=1S/C20H23NO4/c1-14(22)20-17(23)9-5-11-19(20)25-13-15-7-6-12-21(15)16-8-3-4-10-18(16)24-2/h3-5,8-11,15,23H,6-7,12-13H2,1-2H3/t15-/m0/s1. The zero-order valence-corrected chi connectivity index (χ0v) is 14.6. The summed E-state index contributed by atoms with van der Waals surface area (Å²) < 4.78 is 11.4. The predicted molar refractivity (Wildman–Crippen MR) is 97.0 cm³/mol. The molecular formula is C20H23NO4. The number of methoxy groups -OCH3 is 1. The molecule has 0 aromatic heterocycles. The van der Waals surface area contributed by atoms with Gasteiger partial charge in [-0.05, 0) is 44.0 Å². The van der Waals surface area contributed by atoms with Crippen LogP contribution in [0.4, 0.5) is 5.69 Å². The van der Waals surface area contributed by atoms with E-state index in [0.29, 0.717) is 12.4 Å². The molecule has 1 atom stereocenters. The highest BCUT2D eigenvalue weighted by Gasteiger charge is 2.28. The van der Waals surface area contributed by atoms with E-state index in [4.69, 9.17) is 9.47 Å². The number of carbonyl (C=O) groups is 1. The van der Waals surface area contributed by atoms with Crippen molar-refractivity contribution in [3.8, 4) is 17.2 Å². The Hall–Kier alpha value is -2.69. The number of phenols is 1. The molecule has 5 heteroatoms. The molecule has 0 amide bonds. The molecule has 0 radical (unpaired) electrons. The third-order valence-electron chi connectivity index (χ3n) is 4.56. The van der Waals surface area contributed by atoms with Crippen LogP contribution in [0, 0.1) is 0 Å².